The highest BCUT2D eigenvalue weighted by Crippen LogP contribution is 2.42. The molecule has 1 N–H and O–H groups in total. The maximum Gasteiger partial charge on any atom is 0.225 e. The molecule has 1 aromatic rings. The van der Waals surface area contributed by atoms with Crippen LogP contribution >= 0.6 is 0 Å². The molecule has 20 heavy (non-hydrogen) atoms. The van der Waals surface area contributed by atoms with Gasteiger partial charge in [0.15, 0.2) is 0 Å². The van der Waals surface area contributed by atoms with Crippen LogP contribution in [0.25, 0.3) is 0 Å². The van der Waals surface area contributed by atoms with E-state index in [1.165, 1.54) is 12.8 Å². The molecular formula is C15H22N4O. The summed E-state index contributed by atoms with van der Waals surface area (Å²) in [5, 5.41) is 7.94. The van der Waals surface area contributed by atoms with Crippen molar-refractivity contribution < 1.29 is 4.79 Å². The van der Waals surface area contributed by atoms with Crippen molar-refractivity contribution in [2.24, 2.45) is 13.0 Å². The van der Waals surface area contributed by atoms with Crippen LogP contribution in [-0.2, 0) is 11.8 Å². The molecule has 5 heteroatoms. The highest BCUT2D eigenvalue weighted by Gasteiger charge is 2.48. The third-order valence-corrected chi connectivity index (χ3v) is 4.83. The molecule has 0 spiro atoms. The van der Waals surface area contributed by atoms with Gasteiger partial charge in [-0.3, -0.25) is 9.48 Å². The number of nitrogens with zero attached hydrogens (tertiary/aromatic N) is 3. The zero-order chi connectivity index (χ0) is 13.7. The molecule has 5 nitrogen and oxygen atoms in total. The Morgan fingerprint density at radius 1 is 1.35 bits per heavy atom. The summed E-state index contributed by atoms with van der Waals surface area (Å²) in [6, 6.07) is 2.94. The van der Waals surface area contributed by atoms with Crippen molar-refractivity contribution in [2.75, 3.05) is 6.54 Å². The van der Waals surface area contributed by atoms with Gasteiger partial charge in [0, 0.05) is 31.7 Å². The minimum Gasteiger partial charge on any atom is -0.329 e. The van der Waals surface area contributed by atoms with E-state index in [1.54, 1.807) is 0 Å². The number of hydrogen-bond donors (Lipinski definition) is 1. The minimum atomic E-state index is 0.168. The minimum absolute atomic E-state index is 0.168. The normalized spacial score (nSPS) is 30.2. The Labute approximate surface area is 119 Å². The topological polar surface area (TPSA) is 50.2 Å². The van der Waals surface area contributed by atoms with Gasteiger partial charge in [-0.2, -0.15) is 5.10 Å². The summed E-state index contributed by atoms with van der Waals surface area (Å²) < 4.78 is 1.92. The second-order valence-corrected chi connectivity index (χ2v) is 6.52. The molecule has 1 aliphatic heterocycles. The summed E-state index contributed by atoms with van der Waals surface area (Å²) >= 11 is 0. The smallest absolute Gasteiger partial charge is 0.225 e. The fourth-order valence-electron chi connectivity index (χ4n) is 3.38. The largest absolute Gasteiger partial charge is 0.329 e. The summed E-state index contributed by atoms with van der Waals surface area (Å²) in [6.45, 7) is 1.06. The molecular weight excluding hydrogens is 252 g/mol. The first-order chi connectivity index (χ1) is 9.74. The molecule has 2 aliphatic carbocycles. The summed E-state index contributed by atoms with van der Waals surface area (Å²) in [5.41, 5.74) is 1.16. The van der Waals surface area contributed by atoms with Gasteiger partial charge in [-0.15, -0.1) is 0 Å². The van der Waals surface area contributed by atoms with Crippen LogP contribution in [-0.4, -0.2) is 39.2 Å². The average Bonchev–Trinajstić information content (AvgIpc) is 3.33. The molecule has 108 valence electrons. The number of amides is 1. The van der Waals surface area contributed by atoms with Gasteiger partial charge in [0.05, 0.1) is 11.7 Å². The van der Waals surface area contributed by atoms with E-state index in [0.717, 1.165) is 31.0 Å². The lowest BCUT2D eigenvalue weighted by Gasteiger charge is -2.29. The molecule has 2 heterocycles. The van der Waals surface area contributed by atoms with E-state index in [9.17, 15) is 4.79 Å². The molecule has 0 aromatic carbocycles. The van der Waals surface area contributed by atoms with E-state index in [2.05, 4.69) is 21.4 Å². The number of likely N-dealkylation sites (tertiary alicyclic amines) is 1. The lowest BCUT2D eigenvalue weighted by atomic mass is 10.1. The second-order valence-electron chi connectivity index (χ2n) is 6.52. The van der Waals surface area contributed by atoms with Crippen molar-refractivity contribution in [3.05, 3.63) is 18.0 Å². The Morgan fingerprint density at radius 3 is 2.75 bits per heavy atom. The van der Waals surface area contributed by atoms with Gasteiger partial charge < -0.3 is 10.2 Å². The van der Waals surface area contributed by atoms with Crippen LogP contribution < -0.4 is 5.32 Å². The van der Waals surface area contributed by atoms with Crippen LogP contribution in [0.3, 0.4) is 0 Å². The Morgan fingerprint density at radius 2 is 2.15 bits per heavy atom. The van der Waals surface area contributed by atoms with Crippen LogP contribution in [0.15, 0.2) is 12.3 Å². The maximum atomic E-state index is 12.4. The van der Waals surface area contributed by atoms with E-state index in [1.807, 2.05) is 17.9 Å². The van der Waals surface area contributed by atoms with Crippen LogP contribution in [0.4, 0.5) is 0 Å². The standard InChI is InChI=1S/C15H22N4O/c1-18-13(6-7-17-18)15-12(16-9-10-2-3-10)8-14(20)19(15)11-4-5-11/h6-7,10-12,15-16H,2-5,8-9H2,1H3/t12-,15-/m1/s1. The quantitative estimate of drug-likeness (QED) is 0.878. The van der Waals surface area contributed by atoms with E-state index in [4.69, 9.17) is 0 Å². The first-order valence-corrected chi connectivity index (χ1v) is 7.76. The summed E-state index contributed by atoms with van der Waals surface area (Å²) in [7, 11) is 1.97. The monoisotopic (exact) mass is 274 g/mol. The van der Waals surface area contributed by atoms with Gasteiger partial charge in [0.25, 0.3) is 0 Å². The summed E-state index contributed by atoms with van der Waals surface area (Å²) in [6.07, 6.45) is 7.48. The zero-order valence-electron chi connectivity index (χ0n) is 12.0. The SMILES string of the molecule is Cn1nccc1[C@H]1[C@H](NCC2CC2)CC(=O)N1C1CC1. The Balaban J connectivity index is 1.59. The second kappa shape index (κ2) is 4.58. The van der Waals surface area contributed by atoms with Crippen molar-refractivity contribution in [1.29, 1.82) is 0 Å². The fourth-order valence-corrected chi connectivity index (χ4v) is 3.38. The van der Waals surface area contributed by atoms with E-state index >= 15 is 0 Å². The van der Waals surface area contributed by atoms with Crippen LogP contribution in [0.1, 0.15) is 43.8 Å². The van der Waals surface area contributed by atoms with E-state index in [0.29, 0.717) is 18.4 Å². The third kappa shape index (κ3) is 2.14. The van der Waals surface area contributed by atoms with Gasteiger partial charge >= 0.3 is 0 Å². The van der Waals surface area contributed by atoms with Gasteiger partial charge in [0.2, 0.25) is 5.91 Å². The van der Waals surface area contributed by atoms with E-state index in [-0.39, 0.29) is 12.1 Å². The predicted octanol–water partition coefficient (Wildman–Crippen LogP) is 1.22. The molecule has 1 amide bonds. The van der Waals surface area contributed by atoms with Crippen molar-refractivity contribution in [3.63, 3.8) is 0 Å². The number of rotatable bonds is 5. The number of carbonyl (C=O) groups excluding carboxylic acids is 1. The lowest BCUT2D eigenvalue weighted by Crippen LogP contribution is -2.39. The highest BCUT2D eigenvalue weighted by atomic mass is 16.2. The molecule has 3 fully saturated rings. The highest BCUT2D eigenvalue weighted by molar-refractivity contribution is 5.81. The molecule has 3 aliphatic rings. The van der Waals surface area contributed by atoms with Crippen LogP contribution in [0, 0.1) is 5.92 Å². The summed E-state index contributed by atoms with van der Waals surface area (Å²) in [4.78, 5) is 14.5. The first kappa shape index (κ1) is 12.4. The van der Waals surface area contributed by atoms with Crippen molar-refractivity contribution in [3.8, 4) is 0 Å². The van der Waals surface area contributed by atoms with E-state index < -0.39 is 0 Å². The Hall–Kier alpha value is -1.36. The van der Waals surface area contributed by atoms with Crippen molar-refractivity contribution in [1.82, 2.24) is 20.0 Å². The Bertz CT molecular complexity index is 518. The number of nitrogens with one attached hydrogen (secondary N) is 1. The van der Waals surface area contributed by atoms with Crippen LogP contribution in [0.5, 0.6) is 0 Å². The van der Waals surface area contributed by atoms with Gasteiger partial charge in [-0.25, -0.2) is 0 Å². The molecule has 4 rings (SSSR count). The van der Waals surface area contributed by atoms with Crippen molar-refractivity contribution >= 4 is 5.91 Å². The molecule has 2 saturated carbocycles. The molecule has 1 aromatic heterocycles. The summed E-state index contributed by atoms with van der Waals surface area (Å²) in [5.74, 6) is 1.15. The number of aromatic nitrogens is 2. The molecule has 0 radical (unpaired) electrons. The Kier molecular flexibility index (Phi) is 2.84. The van der Waals surface area contributed by atoms with Gasteiger partial charge in [-0.1, -0.05) is 0 Å². The van der Waals surface area contributed by atoms with Crippen LogP contribution in [0.2, 0.25) is 0 Å². The lowest BCUT2D eigenvalue weighted by molar-refractivity contribution is -0.129. The van der Waals surface area contributed by atoms with Gasteiger partial charge in [0.1, 0.15) is 0 Å². The number of aryl methyl sites for hydroxylation is 1. The number of carbonyl (C=O) groups is 1. The first-order valence-electron chi connectivity index (χ1n) is 7.76. The fraction of sp³-hybridized carbons (Fsp3) is 0.733. The molecule has 1 saturated heterocycles. The van der Waals surface area contributed by atoms with Crippen molar-refractivity contribution in [2.45, 2.75) is 50.2 Å². The average molecular weight is 274 g/mol. The zero-order valence-corrected chi connectivity index (χ0v) is 12.0. The molecule has 2 atom stereocenters. The maximum absolute atomic E-state index is 12.4. The van der Waals surface area contributed by atoms with Gasteiger partial charge in [-0.05, 0) is 44.2 Å². The number of hydrogen-bond acceptors (Lipinski definition) is 3. The predicted molar refractivity (Wildman–Crippen MR) is 74.9 cm³/mol. The molecule has 0 bridgehead atoms. The third-order valence-electron chi connectivity index (χ3n) is 4.83. The molecule has 0 unspecified atom stereocenters.